The standard InChI is InChI=1S/C27H17BrCl2N2O3S/c28-19-7-10-23-21(12-19)18(14-31(23)13-17-3-1-2-4-22(17)30)11-25-26(34)32(27(35)36-25)15-24(33)16-5-8-20(29)9-6-16/h1-12,14H,13,15H2/b25-11-. The van der Waals surface area contributed by atoms with Crippen molar-refractivity contribution in [1.29, 1.82) is 0 Å². The van der Waals surface area contributed by atoms with Crippen LogP contribution in [0.3, 0.4) is 0 Å². The fourth-order valence-corrected chi connectivity index (χ4v) is 5.51. The molecule has 1 aliphatic rings. The summed E-state index contributed by atoms with van der Waals surface area (Å²) in [6.45, 7) is 0.214. The molecule has 2 heterocycles. The van der Waals surface area contributed by atoms with Crippen molar-refractivity contribution < 1.29 is 14.4 Å². The van der Waals surface area contributed by atoms with E-state index < -0.39 is 11.1 Å². The van der Waals surface area contributed by atoms with Gasteiger partial charge in [0.1, 0.15) is 0 Å². The molecule has 0 atom stereocenters. The fourth-order valence-electron chi connectivity index (χ4n) is 4.00. The van der Waals surface area contributed by atoms with Crippen molar-refractivity contribution in [3.63, 3.8) is 0 Å². The Morgan fingerprint density at radius 1 is 1.00 bits per heavy atom. The summed E-state index contributed by atoms with van der Waals surface area (Å²) in [6, 6.07) is 19.9. The van der Waals surface area contributed by atoms with Gasteiger partial charge in [-0.25, -0.2) is 0 Å². The van der Waals surface area contributed by atoms with Crippen LogP contribution < -0.4 is 0 Å². The number of fused-ring (bicyclic) bond motifs is 1. The first kappa shape index (κ1) is 24.8. The Hall–Kier alpha value is -2.84. The Kier molecular flexibility index (Phi) is 7.08. The summed E-state index contributed by atoms with van der Waals surface area (Å²) in [5, 5.41) is 1.61. The molecule has 0 radical (unpaired) electrons. The average molecular weight is 600 g/mol. The zero-order chi connectivity index (χ0) is 25.4. The van der Waals surface area contributed by atoms with E-state index in [1.807, 2.05) is 48.7 Å². The van der Waals surface area contributed by atoms with E-state index in [1.165, 1.54) is 0 Å². The van der Waals surface area contributed by atoms with Crippen molar-refractivity contribution in [2.24, 2.45) is 0 Å². The molecule has 1 fully saturated rings. The highest BCUT2D eigenvalue weighted by molar-refractivity contribution is 9.10. The number of benzene rings is 3. The quantitative estimate of drug-likeness (QED) is 0.168. The van der Waals surface area contributed by atoms with Gasteiger partial charge < -0.3 is 4.57 Å². The molecule has 2 amide bonds. The maximum Gasteiger partial charge on any atom is 0.293 e. The predicted molar refractivity (Wildman–Crippen MR) is 149 cm³/mol. The Bertz CT molecular complexity index is 1560. The van der Waals surface area contributed by atoms with Crippen LogP contribution in [0.4, 0.5) is 4.79 Å². The van der Waals surface area contributed by atoms with Gasteiger partial charge in [0.25, 0.3) is 11.1 Å². The molecule has 5 rings (SSSR count). The SMILES string of the molecule is O=C(CN1C(=O)S/C(=C\c2cn(Cc3ccccc3Cl)c3ccc(Br)cc23)C1=O)c1ccc(Cl)cc1. The number of amides is 2. The molecule has 36 heavy (non-hydrogen) atoms. The molecule has 0 bridgehead atoms. The molecule has 1 aliphatic heterocycles. The zero-order valence-electron chi connectivity index (χ0n) is 18.6. The maximum absolute atomic E-state index is 13.1. The van der Waals surface area contributed by atoms with Crippen molar-refractivity contribution in [3.05, 3.63) is 109 Å². The molecular formula is C27H17BrCl2N2O3S. The third kappa shape index (κ3) is 5.02. The smallest absolute Gasteiger partial charge is 0.293 e. The molecule has 0 N–H and O–H groups in total. The molecule has 5 nitrogen and oxygen atoms in total. The molecule has 0 unspecified atom stereocenters. The number of hydrogen-bond acceptors (Lipinski definition) is 4. The Morgan fingerprint density at radius 2 is 1.75 bits per heavy atom. The second-order valence-corrected chi connectivity index (χ2v) is 10.9. The minimum Gasteiger partial charge on any atom is -0.342 e. The number of rotatable bonds is 6. The number of nitrogens with zero attached hydrogens (tertiary/aromatic N) is 2. The summed E-state index contributed by atoms with van der Waals surface area (Å²) in [4.78, 5) is 39.6. The van der Waals surface area contributed by atoms with Gasteiger partial charge in [-0.15, -0.1) is 0 Å². The summed E-state index contributed by atoms with van der Waals surface area (Å²) in [5.41, 5.74) is 3.09. The van der Waals surface area contributed by atoms with E-state index in [1.54, 1.807) is 30.3 Å². The topological polar surface area (TPSA) is 59.4 Å². The van der Waals surface area contributed by atoms with Gasteiger partial charge in [-0.3, -0.25) is 19.3 Å². The summed E-state index contributed by atoms with van der Waals surface area (Å²) < 4.78 is 2.95. The number of aromatic nitrogens is 1. The summed E-state index contributed by atoms with van der Waals surface area (Å²) in [6.07, 6.45) is 3.64. The molecule has 3 aromatic carbocycles. The van der Waals surface area contributed by atoms with Crippen LogP contribution in [0.1, 0.15) is 21.5 Å². The van der Waals surface area contributed by atoms with Crippen molar-refractivity contribution >= 4 is 84.8 Å². The number of Topliss-reactive ketones (excluding diaryl/α,β-unsaturated/α-hetero) is 1. The Labute approximate surface area is 229 Å². The first-order valence-electron chi connectivity index (χ1n) is 10.9. The van der Waals surface area contributed by atoms with E-state index in [2.05, 4.69) is 20.5 Å². The maximum atomic E-state index is 13.1. The van der Waals surface area contributed by atoms with Crippen LogP contribution in [0.2, 0.25) is 10.0 Å². The third-order valence-electron chi connectivity index (χ3n) is 5.80. The van der Waals surface area contributed by atoms with Crippen LogP contribution in [0.25, 0.3) is 17.0 Å². The van der Waals surface area contributed by atoms with E-state index in [0.29, 0.717) is 22.2 Å². The van der Waals surface area contributed by atoms with Gasteiger partial charge in [0, 0.05) is 49.3 Å². The number of hydrogen-bond donors (Lipinski definition) is 0. The van der Waals surface area contributed by atoms with Crippen molar-refractivity contribution in [1.82, 2.24) is 9.47 Å². The predicted octanol–water partition coefficient (Wildman–Crippen LogP) is 7.68. The first-order valence-corrected chi connectivity index (χ1v) is 13.2. The number of thioether (sulfide) groups is 1. The lowest BCUT2D eigenvalue weighted by atomic mass is 10.1. The van der Waals surface area contributed by atoms with Crippen molar-refractivity contribution in [3.8, 4) is 0 Å². The van der Waals surface area contributed by atoms with E-state index in [0.717, 1.165) is 43.2 Å². The Morgan fingerprint density at radius 3 is 2.50 bits per heavy atom. The van der Waals surface area contributed by atoms with Gasteiger partial charge in [-0.1, -0.05) is 57.3 Å². The van der Waals surface area contributed by atoms with E-state index >= 15 is 0 Å². The number of carbonyl (C=O) groups excluding carboxylic acids is 3. The van der Waals surface area contributed by atoms with Gasteiger partial charge in [0.2, 0.25) is 0 Å². The first-order chi connectivity index (χ1) is 17.3. The average Bonchev–Trinajstić information content (AvgIpc) is 3.32. The normalized spacial score (nSPS) is 14.9. The second-order valence-electron chi connectivity index (χ2n) is 8.16. The van der Waals surface area contributed by atoms with Crippen LogP contribution in [0.15, 0.2) is 82.3 Å². The number of halogens is 3. The zero-order valence-corrected chi connectivity index (χ0v) is 22.5. The molecular weight excluding hydrogens is 583 g/mol. The van der Waals surface area contributed by atoms with Gasteiger partial charge >= 0.3 is 0 Å². The van der Waals surface area contributed by atoms with E-state index in [-0.39, 0.29) is 17.2 Å². The monoisotopic (exact) mass is 598 g/mol. The van der Waals surface area contributed by atoms with Gasteiger partial charge in [0.05, 0.1) is 11.4 Å². The number of ketones is 1. The van der Waals surface area contributed by atoms with Gasteiger partial charge in [-0.2, -0.15) is 0 Å². The van der Waals surface area contributed by atoms with Crippen LogP contribution in [0, 0.1) is 0 Å². The molecule has 0 saturated carbocycles. The van der Waals surface area contributed by atoms with Crippen molar-refractivity contribution in [2.75, 3.05) is 6.54 Å². The number of imide groups is 1. The van der Waals surface area contributed by atoms with E-state index in [4.69, 9.17) is 23.2 Å². The van der Waals surface area contributed by atoms with Gasteiger partial charge in [-0.05, 0) is 71.9 Å². The Balaban J connectivity index is 1.45. The van der Waals surface area contributed by atoms with Crippen LogP contribution in [0.5, 0.6) is 0 Å². The summed E-state index contributed by atoms with van der Waals surface area (Å²) in [5.74, 6) is -0.829. The molecule has 0 spiro atoms. The highest BCUT2D eigenvalue weighted by Crippen LogP contribution is 2.35. The van der Waals surface area contributed by atoms with Crippen LogP contribution >= 0.6 is 50.9 Å². The van der Waals surface area contributed by atoms with Crippen LogP contribution in [-0.2, 0) is 11.3 Å². The lowest BCUT2D eigenvalue weighted by Crippen LogP contribution is -2.33. The third-order valence-corrected chi connectivity index (χ3v) is 7.82. The molecule has 9 heteroatoms. The van der Waals surface area contributed by atoms with Crippen molar-refractivity contribution in [2.45, 2.75) is 6.54 Å². The number of carbonyl (C=O) groups is 3. The fraction of sp³-hybridized carbons (Fsp3) is 0.0741. The highest BCUT2D eigenvalue weighted by atomic mass is 79.9. The van der Waals surface area contributed by atoms with Crippen LogP contribution in [-0.4, -0.2) is 32.9 Å². The second kappa shape index (κ2) is 10.3. The molecule has 1 saturated heterocycles. The molecule has 0 aliphatic carbocycles. The lowest BCUT2D eigenvalue weighted by Gasteiger charge is -2.11. The minimum absolute atomic E-state index is 0.265. The molecule has 4 aromatic rings. The molecule has 1 aromatic heterocycles. The van der Waals surface area contributed by atoms with E-state index in [9.17, 15) is 14.4 Å². The minimum atomic E-state index is -0.491. The van der Waals surface area contributed by atoms with Gasteiger partial charge in [0.15, 0.2) is 5.78 Å². The largest absolute Gasteiger partial charge is 0.342 e. The highest BCUT2D eigenvalue weighted by Gasteiger charge is 2.36. The molecule has 180 valence electrons. The summed E-state index contributed by atoms with van der Waals surface area (Å²) in [7, 11) is 0. The summed E-state index contributed by atoms with van der Waals surface area (Å²) >= 11 is 16.6. The lowest BCUT2D eigenvalue weighted by molar-refractivity contribution is -0.122.